The van der Waals surface area contributed by atoms with Crippen LogP contribution in [0.3, 0.4) is 0 Å². The minimum Gasteiger partial charge on any atom is -0.340 e. The molecular formula is C14H19FN2O. The van der Waals surface area contributed by atoms with Crippen LogP contribution in [0, 0.1) is 5.82 Å². The SMILES string of the molecule is C=CCN(C)C(=O)C(c1cccc(F)c1)N(C)C. The molecule has 1 aromatic rings. The second-order valence-corrected chi connectivity index (χ2v) is 4.43. The lowest BCUT2D eigenvalue weighted by atomic mass is 10.0. The molecule has 0 radical (unpaired) electrons. The molecule has 18 heavy (non-hydrogen) atoms. The Morgan fingerprint density at radius 3 is 2.61 bits per heavy atom. The maximum atomic E-state index is 13.2. The van der Waals surface area contributed by atoms with E-state index in [1.54, 1.807) is 49.2 Å². The van der Waals surface area contributed by atoms with Gasteiger partial charge in [0.1, 0.15) is 11.9 Å². The van der Waals surface area contributed by atoms with E-state index in [4.69, 9.17) is 0 Å². The smallest absolute Gasteiger partial charge is 0.244 e. The van der Waals surface area contributed by atoms with E-state index in [1.165, 1.54) is 12.1 Å². The highest BCUT2D eigenvalue weighted by atomic mass is 19.1. The van der Waals surface area contributed by atoms with E-state index in [1.807, 2.05) is 0 Å². The summed E-state index contributed by atoms with van der Waals surface area (Å²) in [6.45, 7) is 4.08. The third-order valence-electron chi connectivity index (χ3n) is 2.69. The van der Waals surface area contributed by atoms with Gasteiger partial charge < -0.3 is 4.90 Å². The van der Waals surface area contributed by atoms with Crippen molar-refractivity contribution in [1.82, 2.24) is 9.80 Å². The van der Waals surface area contributed by atoms with Crippen LogP contribution in [0.15, 0.2) is 36.9 Å². The Balaban J connectivity index is 3.03. The lowest BCUT2D eigenvalue weighted by Crippen LogP contribution is -2.38. The summed E-state index contributed by atoms with van der Waals surface area (Å²) in [6.07, 6.45) is 1.66. The molecule has 1 unspecified atom stereocenters. The van der Waals surface area contributed by atoms with Crippen molar-refractivity contribution in [2.24, 2.45) is 0 Å². The first-order valence-corrected chi connectivity index (χ1v) is 5.75. The van der Waals surface area contributed by atoms with Gasteiger partial charge in [0.2, 0.25) is 5.91 Å². The molecule has 4 heteroatoms. The molecule has 0 aromatic heterocycles. The quantitative estimate of drug-likeness (QED) is 0.747. The van der Waals surface area contributed by atoms with Crippen LogP contribution in [0.5, 0.6) is 0 Å². The van der Waals surface area contributed by atoms with Crippen LogP contribution < -0.4 is 0 Å². The average molecular weight is 250 g/mol. The first-order valence-electron chi connectivity index (χ1n) is 5.75. The Kier molecular flexibility index (Phi) is 5.04. The summed E-state index contributed by atoms with van der Waals surface area (Å²) in [5, 5.41) is 0. The van der Waals surface area contributed by atoms with E-state index in [-0.39, 0.29) is 11.7 Å². The Labute approximate surface area is 108 Å². The molecule has 0 spiro atoms. The zero-order valence-electron chi connectivity index (χ0n) is 11.1. The number of rotatable bonds is 5. The average Bonchev–Trinajstić information content (AvgIpc) is 2.29. The van der Waals surface area contributed by atoms with Crippen molar-refractivity contribution >= 4 is 5.91 Å². The molecule has 0 heterocycles. The van der Waals surface area contributed by atoms with Crippen LogP contribution >= 0.6 is 0 Å². The molecular weight excluding hydrogens is 231 g/mol. The number of hydrogen-bond acceptors (Lipinski definition) is 2. The van der Waals surface area contributed by atoms with Gasteiger partial charge in [0.25, 0.3) is 0 Å². The Morgan fingerprint density at radius 1 is 1.44 bits per heavy atom. The summed E-state index contributed by atoms with van der Waals surface area (Å²) >= 11 is 0. The van der Waals surface area contributed by atoms with Crippen LogP contribution in [0.2, 0.25) is 0 Å². The molecule has 0 aliphatic rings. The molecule has 1 aromatic carbocycles. The molecule has 3 nitrogen and oxygen atoms in total. The lowest BCUT2D eigenvalue weighted by molar-refractivity contribution is -0.134. The summed E-state index contributed by atoms with van der Waals surface area (Å²) < 4.78 is 13.2. The van der Waals surface area contributed by atoms with Crippen molar-refractivity contribution in [1.29, 1.82) is 0 Å². The monoisotopic (exact) mass is 250 g/mol. The van der Waals surface area contributed by atoms with Gasteiger partial charge in [-0.1, -0.05) is 18.2 Å². The second kappa shape index (κ2) is 6.31. The second-order valence-electron chi connectivity index (χ2n) is 4.43. The fourth-order valence-corrected chi connectivity index (χ4v) is 1.83. The van der Waals surface area contributed by atoms with E-state index in [0.29, 0.717) is 12.1 Å². The molecule has 1 rings (SSSR count). The van der Waals surface area contributed by atoms with Gasteiger partial charge in [0.15, 0.2) is 0 Å². The van der Waals surface area contributed by atoms with E-state index in [2.05, 4.69) is 6.58 Å². The van der Waals surface area contributed by atoms with Crippen molar-refractivity contribution in [2.45, 2.75) is 6.04 Å². The van der Waals surface area contributed by atoms with Crippen LogP contribution in [0.1, 0.15) is 11.6 Å². The molecule has 0 fully saturated rings. The first-order chi connectivity index (χ1) is 8.47. The Hall–Kier alpha value is -1.68. The van der Waals surface area contributed by atoms with Crippen LogP contribution in [0.25, 0.3) is 0 Å². The predicted octanol–water partition coefficient (Wildman–Crippen LogP) is 2.07. The molecule has 0 aliphatic carbocycles. The molecule has 98 valence electrons. The van der Waals surface area contributed by atoms with Gasteiger partial charge in [-0.25, -0.2) is 4.39 Å². The first kappa shape index (κ1) is 14.4. The molecule has 0 bridgehead atoms. The third kappa shape index (κ3) is 3.40. The van der Waals surface area contributed by atoms with Crippen molar-refractivity contribution < 1.29 is 9.18 Å². The summed E-state index contributed by atoms with van der Waals surface area (Å²) in [4.78, 5) is 15.6. The minimum atomic E-state index is -0.481. The van der Waals surface area contributed by atoms with Gasteiger partial charge in [-0.3, -0.25) is 9.69 Å². The number of carbonyl (C=O) groups is 1. The highest BCUT2D eigenvalue weighted by molar-refractivity contribution is 5.83. The maximum absolute atomic E-state index is 13.2. The number of carbonyl (C=O) groups excluding carboxylic acids is 1. The lowest BCUT2D eigenvalue weighted by Gasteiger charge is -2.28. The number of benzene rings is 1. The topological polar surface area (TPSA) is 23.6 Å². The van der Waals surface area contributed by atoms with Crippen molar-refractivity contribution in [2.75, 3.05) is 27.7 Å². The summed E-state index contributed by atoms with van der Waals surface area (Å²) in [6, 6.07) is 5.65. The predicted molar refractivity (Wildman–Crippen MR) is 70.7 cm³/mol. The summed E-state index contributed by atoms with van der Waals surface area (Å²) in [5.74, 6) is -0.413. The van der Waals surface area contributed by atoms with E-state index < -0.39 is 6.04 Å². The minimum absolute atomic E-state index is 0.0782. The van der Waals surface area contributed by atoms with Crippen LogP contribution in [-0.4, -0.2) is 43.4 Å². The van der Waals surface area contributed by atoms with Gasteiger partial charge in [0.05, 0.1) is 0 Å². The van der Waals surface area contributed by atoms with Crippen molar-refractivity contribution in [3.63, 3.8) is 0 Å². The molecule has 1 amide bonds. The van der Waals surface area contributed by atoms with Gasteiger partial charge in [0, 0.05) is 13.6 Å². The standard InChI is InChI=1S/C14H19FN2O/c1-5-9-17(4)14(18)13(16(2)3)11-7-6-8-12(15)10-11/h5-8,10,13H,1,9H2,2-4H3. The van der Waals surface area contributed by atoms with Crippen molar-refractivity contribution in [3.05, 3.63) is 48.3 Å². The van der Waals surface area contributed by atoms with E-state index >= 15 is 0 Å². The van der Waals surface area contributed by atoms with Crippen LogP contribution in [-0.2, 0) is 4.79 Å². The van der Waals surface area contributed by atoms with E-state index in [0.717, 1.165) is 0 Å². The maximum Gasteiger partial charge on any atom is 0.244 e. The highest BCUT2D eigenvalue weighted by Crippen LogP contribution is 2.21. The zero-order valence-corrected chi connectivity index (χ0v) is 11.1. The van der Waals surface area contributed by atoms with Gasteiger partial charge in [-0.15, -0.1) is 6.58 Å². The van der Waals surface area contributed by atoms with E-state index in [9.17, 15) is 9.18 Å². The van der Waals surface area contributed by atoms with Crippen LogP contribution in [0.4, 0.5) is 4.39 Å². The summed E-state index contributed by atoms with van der Waals surface area (Å²) in [7, 11) is 5.31. The molecule has 0 aliphatic heterocycles. The molecule has 0 saturated carbocycles. The Morgan fingerprint density at radius 2 is 2.11 bits per heavy atom. The zero-order chi connectivity index (χ0) is 13.7. The fraction of sp³-hybridized carbons (Fsp3) is 0.357. The highest BCUT2D eigenvalue weighted by Gasteiger charge is 2.25. The fourth-order valence-electron chi connectivity index (χ4n) is 1.83. The van der Waals surface area contributed by atoms with Gasteiger partial charge in [-0.05, 0) is 31.8 Å². The van der Waals surface area contributed by atoms with Gasteiger partial charge in [-0.2, -0.15) is 0 Å². The normalized spacial score (nSPS) is 12.3. The number of halogens is 1. The number of likely N-dealkylation sites (N-methyl/N-ethyl adjacent to an activating group) is 2. The van der Waals surface area contributed by atoms with Crippen molar-refractivity contribution in [3.8, 4) is 0 Å². The largest absolute Gasteiger partial charge is 0.340 e. The summed E-state index contributed by atoms with van der Waals surface area (Å²) in [5.41, 5.74) is 0.654. The molecule has 1 atom stereocenters. The Bertz CT molecular complexity index is 432. The number of amides is 1. The third-order valence-corrected chi connectivity index (χ3v) is 2.69. The number of hydrogen-bond donors (Lipinski definition) is 0. The molecule has 0 saturated heterocycles. The number of nitrogens with zero attached hydrogens (tertiary/aromatic N) is 2. The van der Waals surface area contributed by atoms with Gasteiger partial charge >= 0.3 is 0 Å². The molecule has 0 N–H and O–H groups in total.